The van der Waals surface area contributed by atoms with Crippen LogP contribution < -0.4 is 4.90 Å². The van der Waals surface area contributed by atoms with Crippen LogP contribution in [-0.2, 0) is 0 Å². The number of aromatic carboxylic acids is 1. The van der Waals surface area contributed by atoms with Crippen LogP contribution >= 0.6 is 11.6 Å². The van der Waals surface area contributed by atoms with Gasteiger partial charge in [0, 0.05) is 12.7 Å². The third-order valence-electron chi connectivity index (χ3n) is 3.28. The van der Waals surface area contributed by atoms with Crippen LogP contribution in [0.25, 0.3) is 0 Å². The van der Waals surface area contributed by atoms with E-state index in [9.17, 15) is 9.90 Å². The van der Waals surface area contributed by atoms with Gasteiger partial charge in [0.1, 0.15) is 5.56 Å². The van der Waals surface area contributed by atoms with Gasteiger partial charge in [0.2, 0.25) is 0 Å². The Hall–Kier alpha value is -2.00. The Bertz CT molecular complexity index is 668. The van der Waals surface area contributed by atoms with E-state index in [1.165, 1.54) is 5.56 Å². The first-order valence-corrected chi connectivity index (χ1v) is 6.62. The van der Waals surface area contributed by atoms with Crippen LogP contribution in [0.5, 0.6) is 0 Å². The van der Waals surface area contributed by atoms with Crippen LogP contribution in [0, 0.1) is 13.8 Å². The molecule has 0 amide bonds. The summed E-state index contributed by atoms with van der Waals surface area (Å²) >= 11 is 6.01. The lowest BCUT2D eigenvalue weighted by molar-refractivity contribution is 0.0698. The number of rotatable bonds is 3. The van der Waals surface area contributed by atoms with E-state index in [0.717, 1.165) is 11.3 Å². The molecule has 0 saturated carbocycles. The minimum absolute atomic E-state index is 0.122. The van der Waals surface area contributed by atoms with Gasteiger partial charge in [-0.15, -0.1) is 0 Å². The molecule has 2 aromatic carbocycles. The summed E-state index contributed by atoms with van der Waals surface area (Å²) in [6, 6.07) is 11.2. The highest BCUT2D eigenvalue weighted by Crippen LogP contribution is 2.33. The van der Waals surface area contributed by atoms with Crippen molar-refractivity contribution in [2.24, 2.45) is 0 Å². The number of carboxylic acid groups (broad SMARTS) is 1. The average Bonchev–Trinajstić information content (AvgIpc) is 2.37. The second-order valence-electron chi connectivity index (χ2n) is 4.79. The molecule has 0 saturated heterocycles. The number of nitrogens with zero attached hydrogens (tertiary/aromatic N) is 1. The van der Waals surface area contributed by atoms with Crippen molar-refractivity contribution >= 4 is 28.9 Å². The number of hydrogen-bond acceptors (Lipinski definition) is 2. The molecule has 3 nitrogen and oxygen atoms in total. The Balaban J connectivity index is 2.56. The molecule has 0 aromatic heterocycles. The predicted molar refractivity (Wildman–Crippen MR) is 82.4 cm³/mol. The number of hydrogen-bond donors (Lipinski definition) is 1. The van der Waals surface area contributed by atoms with Crippen LogP contribution in [0.3, 0.4) is 0 Å². The third kappa shape index (κ3) is 2.63. The molecule has 104 valence electrons. The molecular weight excluding hydrogens is 274 g/mol. The van der Waals surface area contributed by atoms with E-state index in [1.807, 2.05) is 37.9 Å². The lowest BCUT2D eigenvalue weighted by Crippen LogP contribution is -2.15. The van der Waals surface area contributed by atoms with Crippen LogP contribution in [-0.4, -0.2) is 18.1 Å². The number of aryl methyl sites for hydroxylation is 2. The van der Waals surface area contributed by atoms with Gasteiger partial charge in [-0.3, -0.25) is 0 Å². The van der Waals surface area contributed by atoms with Crippen molar-refractivity contribution in [3.63, 3.8) is 0 Å². The van der Waals surface area contributed by atoms with E-state index >= 15 is 0 Å². The largest absolute Gasteiger partial charge is 0.478 e. The highest BCUT2D eigenvalue weighted by Gasteiger charge is 2.18. The Morgan fingerprint density at radius 3 is 2.45 bits per heavy atom. The van der Waals surface area contributed by atoms with E-state index in [2.05, 4.69) is 6.07 Å². The Labute approximate surface area is 123 Å². The van der Waals surface area contributed by atoms with E-state index in [0.29, 0.717) is 5.69 Å². The summed E-state index contributed by atoms with van der Waals surface area (Å²) in [6.45, 7) is 4.03. The van der Waals surface area contributed by atoms with Crippen molar-refractivity contribution < 1.29 is 9.90 Å². The van der Waals surface area contributed by atoms with Gasteiger partial charge >= 0.3 is 5.97 Å². The molecule has 0 radical (unpaired) electrons. The zero-order valence-corrected chi connectivity index (χ0v) is 12.4. The number of benzene rings is 2. The predicted octanol–water partition coefficient (Wildman–Crippen LogP) is 4.42. The Kier molecular flexibility index (Phi) is 4.00. The molecular formula is C16H16ClNO2. The molecule has 0 bridgehead atoms. The molecule has 2 rings (SSSR count). The quantitative estimate of drug-likeness (QED) is 0.909. The molecule has 1 N–H and O–H groups in total. The number of anilines is 2. The van der Waals surface area contributed by atoms with Crippen molar-refractivity contribution in [3.05, 3.63) is 58.1 Å². The van der Waals surface area contributed by atoms with E-state index in [4.69, 9.17) is 11.6 Å². The number of halogens is 1. The van der Waals surface area contributed by atoms with Crippen molar-refractivity contribution in [1.82, 2.24) is 0 Å². The smallest absolute Gasteiger partial charge is 0.339 e. The lowest BCUT2D eigenvalue weighted by Gasteiger charge is -2.24. The van der Waals surface area contributed by atoms with Gasteiger partial charge in [0.25, 0.3) is 0 Å². The van der Waals surface area contributed by atoms with E-state index < -0.39 is 5.97 Å². The molecule has 0 aliphatic rings. The maximum absolute atomic E-state index is 11.4. The van der Waals surface area contributed by atoms with Crippen LogP contribution in [0.15, 0.2) is 36.4 Å². The normalized spacial score (nSPS) is 10.4. The number of carboxylic acids is 1. The third-order valence-corrected chi connectivity index (χ3v) is 3.60. The highest BCUT2D eigenvalue weighted by atomic mass is 35.5. The van der Waals surface area contributed by atoms with Gasteiger partial charge in [-0.05, 0) is 37.6 Å². The zero-order chi connectivity index (χ0) is 14.9. The summed E-state index contributed by atoms with van der Waals surface area (Å²) in [6.07, 6.45) is 0. The van der Waals surface area contributed by atoms with Gasteiger partial charge in [-0.1, -0.05) is 35.4 Å². The summed E-state index contributed by atoms with van der Waals surface area (Å²) in [5.41, 5.74) is 3.92. The van der Waals surface area contributed by atoms with Crippen LogP contribution in [0.1, 0.15) is 21.5 Å². The first-order valence-electron chi connectivity index (χ1n) is 6.24. The van der Waals surface area contributed by atoms with Crippen LogP contribution in [0.4, 0.5) is 11.4 Å². The molecule has 4 heteroatoms. The first kappa shape index (κ1) is 14.4. The molecule has 0 aliphatic heterocycles. The van der Waals surface area contributed by atoms with Gasteiger partial charge in [-0.2, -0.15) is 0 Å². The topological polar surface area (TPSA) is 40.5 Å². The summed E-state index contributed by atoms with van der Waals surface area (Å²) < 4.78 is 0. The summed E-state index contributed by atoms with van der Waals surface area (Å²) in [4.78, 5) is 13.3. The molecule has 20 heavy (non-hydrogen) atoms. The molecule has 0 spiro atoms. The van der Waals surface area contributed by atoms with Gasteiger partial charge < -0.3 is 10.0 Å². The second kappa shape index (κ2) is 5.55. The molecule has 2 aromatic rings. The fraction of sp³-hybridized carbons (Fsp3) is 0.188. The van der Waals surface area contributed by atoms with Crippen molar-refractivity contribution in [2.75, 3.05) is 11.9 Å². The first-order chi connectivity index (χ1) is 9.41. The van der Waals surface area contributed by atoms with Gasteiger partial charge in [0.15, 0.2) is 0 Å². The highest BCUT2D eigenvalue weighted by molar-refractivity contribution is 6.34. The monoisotopic (exact) mass is 289 g/mol. The summed E-state index contributed by atoms with van der Waals surface area (Å²) in [5.74, 6) is -1.03. The van der Waals surface area contributed by atoms with E-state index in [-0.39, 0.29) is 10.6 Å². The second-order valence-corrected chi connectivity index (χ2v) is 5.20. The average molecular weight is 290 g/mol. The fourth-order valence-corrected chi connectivity index (χ4v) is 2.57. The van der Waals surface area contributed by atoms with E-state index in [1.54, 1.807) is 18.2 Å². The van der Waals surface area contributed by atoms with Gasteiger partial charge in [-0.25, -0.2) is 4.79 Å². The number of carbonyl (C=O) groups is 1. The molecule has 0 atom stereocenters. The SMILES string of the molecule is Cc1ccc(N(C)c2cccc(Cl)c2C(=O)O)c(C)c1. The standard InChI is InChI=1S/C16H16ClNO2/c1-10-7-8-13(11(2)9-10)18(3)14-6-4-5-12(17)15(14)16(19)20/h4-9H,1-3H3,(H,19,20). The van der Waals surface area contributed by atoms with Crippen molar-refractivity contribution in [1.29, 1.82) is 0 Å². The Morgan fingerprint density at radius 1 is 1.15 bits per heavy atom. The fourth-order valence-electron chi connectivity index (χ4n) is 2.32. The maximum atomic E-state index is 11.4. The molecule has 0 aliphatic carbocycles. The molecule has 0 fully saturated rings. The maximum Gasteiger partial charge on any atom is 0.339 e. The molecule has 0 heterocycles. The van der Waals surface area contributed by atoms with Gasteiger partial charge in [0.05, 0.1) is 10.7 Å². The van der Waals surface area contributed by atoms with Crippen LogP contribution in [0.2, 0.25) is 5.02 Å². The van der Waals surface area contributed by atoms with Crippen molar-refractivity contribution in [3.8, 4) is 0 Å². The molecule has 0 unspecified atom stereocenters. The summed E-state index contributed by atoms with van der Waals surface area (Å²) in [5, 5.41) is 9.59. The summed E-state index contributed by atoms with van der Waals surface area (Å²) in [7, 11) is 1.84. The Morgan fingerprint density at radius 2 is 1.85 bits per heavy atom. The lowest BCUT2D eigenvalue weighted by atomic mass is 10.1. The zero-order valence-electron chi connectivity index (χ0n) is 11.6. The minimum Gasteiger partial charge on any atom is -0.478 e. The van der Waals surface area contributed by atoms with Crippen molar-refractivity contribution in [2.45, 2.75) is 13.8 Å². The minimum atomic E-state index is -1.03.